The lowest BCUT2D eigenvalue weighted by molar-refractivity contribution is 0.0800. The van der Waals surface area contributed by atoms with E-state index < -0.39 is 42.9 Å². The molecule has 1 heterocycles. The highest BCUT2D eigenvalue weighted by molar-refractivity contribution is 6.08. The minimum Gasteiger partial charge on any atom is -0.394 e. The van der Waals surface area contributed by atoms with Crippen LogP contribution in [-0.4, -0.2) is 88.3 Å². The van der Waals surface area contributed by atoms with Gasteiger partial charge in [-0.15, -0.1) is 0 Å². The minimum atomic E-state index is -1.14. The normalized spacial score (nSPS) is 18.9. The van der Waals surface area contributed by atoms with E-state index in [9.17, 15) is 19.8 Å². The van der Waals surface area contributed by atoms with Crippen LogP contribution in [0.15, 0.2) is 28.2 Å². The number of hydrogen-bond donors (Lipinski definition) is 8. The number of guanidine groups is 2. The molecule has 1 aliphatic carbocycles. The Morgan fingerprint density at radius 2 is 1.46 bits per heavy atom. The molecule has 0 radical (unpaired) electrons. The molecule has 2 unspecified atom stereocenters. The second kappa shape index (κ2) is 11.4. The molecule has 0 bridgehead atoms. The number of anilines is 1. The summed E-state index contributed by atoms with van der Waals surface area (Å²) in [5.41, 5.74) is 12.0. The van der Waals surface area contributed by atoms with Crippen LogP contribution in [0.5, 0.6) is 0 Å². The van der Waals surface area contributed by atoms with Gasteiger partial charge in [0.1, 0.15) is 5.66 Å². The van der Waals surface area contributed by atoms with E-state index in [1.165, 1.54) is 18.2 Å². The molecule has 3 rings (SSSR count). The van der Waals surface area contributed by atoms with Gasteiger partial charge in [-0.05, 0) is 43.9 Å². The van der Waals surface area contributed by atoms with Gasteiger partial charge in [-0.1, -0.05) is 6.42 Å². The van der Waals surface area contributed by atoms with Crippen molar-refractivity contribution in [3.05, 3.63) is 29.3 Å². The molecule has 13 heteroatoms. The van der Waals surface area contributed by atoms with Gasteiger partial charge in [-0.2, -0.15) is 4.99 Å². The van der Waals surface area contributed by atoms with E-state index in [1.807, 2.05) is 0 Å². The van der Waals surface area contributed by atoms with Crippen molar-refractivity contribution in [2.75, 3.05) is 31.2 Å². The van der Waals surface area contributed by atoms with Crippen LogP contribution in [0, 0.1) is 0 Å². The van der Waals surface area contributed by atoms with E-state index >= 15 is 0 Å². The number of rotatable bonds is 9. The number of aliphatic hydroxyl groups excluding tert-OH is 4. The molecule has 1 aromatic rings. The summed E-state index contributed by atoms with van der Waals surface area (Å²) >= 11 is 0. The number of nitrogens with zero attached hydrogens (tertiary/aromatic N) is 3. The molecule has 35 heavy (non-hydrogen) atoms. The first-order valence-corrected chi connectivity index (χ1v) is 11.5. The van der Waals surface area contributed by atoms with Crippen LogP contribution in [0.2, 0.25) is 0 Å². The van der Waals surface area contributed by atoms with Crippen LogP contribution in [0.25, 0.3) is 0 Å². The Kier molecular flexibility index (Phi) is 8.62. The van der Waals surface area contributed by atoms with E-state index in [-0.39, 0.29) is 36.1 Å². The summed E-state index contributed by atoms with van der Waals surface area (Å²) in [6.45, 7) is -1.43. The fourth-order valence-corrected chi connectivity index (χ4v) is 4.25. The standard InChI is InChI=1S/C22H33N7O6/c23-20-27-21(24)29(22(28-20)4-2-1-3-5-22)15-7-13(18(34)25-9-16(32)11-30)6-14(8-15)19(35)26-10-17(33)12-31/h6-8,16-17,30-33H,1-5,9-12H2,(H,25,34)(H,26,35)(H4,23,24,27,28). The van der Waals surface area contributed by atoms with Gasteiger partial charge in [0.15, 0.2) is 0 Å². The molecule has 0 aromatic heterocycles. The van der Waals surface area contributed by atoms with Crippen molar-refractivity contribution in [1.82, 2.24) is 10.6 Å². The fourth-order valence-electron chi connectivity index (χ4n) is 4.25. The number of aliphatic hydroxyl groups is 4. The maximum Gasteiger partial charge on any atom is 0.251 e. The predicted molar refractivity (Wildman–Crippen MR) is 129 cm³/mol. The molecule has 0 saturated heterocycles. The first-order valence-electron chi connectivity index (χ1n) is 11.5. The SMILES string of the molecule is NC1=NC2(CCCCC2)N(c2cc(C(=O)NCC(O)CO)cc(C(=O)NCC(O)CO)c2)C(N)=N1. The summed E-state index contributed by atoms with van der Waals surface area (Å²) in [7, 11) is 0. The van der Waals surface area contributed by atoms with Crippen molar-refractivity contribution in [3.8, 4) is 0 Å². The molecule has 1 saturated carbocycles. The fraction of sp³-hybridized carbons (Fsp3) is 0.545. The van der Waals surface area contributed by atoms with Crippen molar-refractivity contribution in [2.24, 2.45) is 21.5 Å². The number of hydrogen-bond acceptors (Lipinski definition) is 11. The van der Waals surface area contributed by atoms with E-state index in [2.05, 4.69) is 20.6 Å². The van der Waals surface area contributed by atoms with Gasteiger partial charge in [0.05, 0.1) is 25.4 Å². The first-order chi connectivity index (χ1) is 16.7. The van der Waals surface area contributed by atoms with Crippen molar-refractivity contribution in [3.63, 3.8) is 0 Å². The number of amides is 2. The number of benzene rings is 1. The van der Waals surface area contributed by atoms with Gasteiger partial charge in [0.2, 0.25) is 11.9 Å². The van der Waals surface area contributed by atoms with Gasteiger partial charge in [-0.3, -0.25) is 14.5 Å². The largest absolute Gasteiger partial charge is 0.394 e. The third kappa shape index (κ3) is 6.25. The van der Waals surface area contributed by atoms with Gasteiger partial charge in [0, 0.05) is 29.9 Å². The van der Waals surface area contributed by atoms with Gasteiger partial charge >= 0.3 is 0 Å². The zero-order valence-corrected chi connectivity index (χ0v) is 19.4. The molecule has 2 aliphatic rings. The third-order valence-electron chi connectivity index (χ3n) is 5.97. The summed E-state index contributed by atoms with van der Waals surface area (Å²) in [5.74, 6) is -1.03. The Balaban J connectivity index is 2.02. The topological polar surface area (TPSA) is 219 Å². The van der Waals surface area contributed by atoms with E-state index in [0.29, 0.717) is 18.5 Å². The maximum absolute atomic E-state index is 12.9. The Labute approximate surface area is 202 Å². The highest BCUT2D eigenvalue weighted by Crippen LogP contribution is 2.40. The molecule has 1 spiro atoms. The highest BCUT2D eigenvalue weighted by atomic mass is 16.3. The maximum atomic E-state index is 12.9. The van der Waals surface area contributed by atoms with Crippen molar-refractivity contribution >= 4 is 29.4 Å². The summed E-state index contributed by atoms with van der Waals surface area (Å²) in [4.78, 5) is 36.1. The third-order valence-corrected chi connectivity index (χ3v) is 5.97. The number of aliphatic imine (C=N–C) groups is 2. The molecular formula is C22H33N7O6. The van der Waals surface area contributed by atoms with Crippen LogP contribution in [0.1, 0.15) is 52.8 Å². The Morgan fingerprint density at radius 3 is 1.94 bits per heavy atom. The zero-order valence-electron chi connectivity index (χ0n) is 19.4. The van der Waals surface area contributed by atoms with E-state index in [4.69, 9.17) is 21.7 Å². The second-order valence-corrected chi connectivity index (χ2v) is 8.68. The lowest BCUT2D eigenvalue weighted by Gasteiger charge is -2.45. The van der Waals surface area contributed by atoms with Crippen molar-refractivity contribution in [2.45, 2.75) is 50.0 Å². The molecule has 1 aliphatic heterocycles. The van der Waals surface area contributed by atoms with Crippen LogP contribution >= 0.6 is 0 Å². The summed E-state index contributed by atoms with van der Waals surface area (Å²) in [6.07, 6.45) is 1.80. The Bertz CT molecular complexity index is 948. The summed E-state index contributed by atoms with van der Waals surface area (Å²) in [5, 5.41) is 42.2. The molecule has 2 amide bonds. The molecule has 192 valence electrons. The molecule has 10 N–H and O–H groups in total. The number of nitrogens with one attached hydrogen (secondary N) is 2. The lowest BCUT2D eigenvalue weighted by atomic mass is 9.87. The average Bonchev–Trinajstić information content (AvgIpc) is 2.84. The average molecular weight is 492 g/mol. The van der Waals surface area contributed by atoms with Crippen molar-refractivity contribution < 1.29 is 30.0 Å². The van der Waals surface area contributed by atoms with Gasteiger partial charge < -0.3 is 42.5 Å². The Hall–Kier alpha value is -3.26. The van der Waals surface area contributed by atoms with Crippen LogP contribution in [-0.2, 0) is 0 Å². The first kappa shape index (κ1) is 26.3. The molecule has 13 nitrogen and oxygen atoms in total. The predicted octanol–water partition coefficient (Wildman–Crippen LogP) is -2.04. The number of nitrogens with two attached hydrogens (primary N) is 2. The Morgan fingerprint density at radius 1 is 0.943 bits per heavy atom. The van der Waals surface area contributed by atoms with Crippen molar-refractivity contribution in [1.29, 1.82) is 0 Å². The number of carbonyl (C=O) groups excluding carboxylic acids is 2. The monoisotopic (exact) mass is 491 g/mol. The molecule has 1 aromatic carbocycles. The minimum absolute atomic E-state index is 0.0588. The summed E-state index contributed by atoms with van der Waals surface area (Å²) in [6, 6.07) is 4.43. The van der Waals surface area contributed by atoms with Gasteiger partial charge in [0.25, 0.3) is 11.8 Å². The smallest absolute Gasteiger partial charge is 0.251 e. The van der Waals surface area contributed by atoms with Crippen LogP contribution < -0.4 is 27.0 Å². The zero-order chi connectivity index (χ0) is 25.6. The van der Waals surface area contributed by atoms with Gasteiger partial charge in [-0.25, -0.2) is 4.99 Å². The lowest BCUT2D eigenvalue weighted by Crippen LogP contribution is -2.58. The quantitative estimate of drug-likeness (QED) is 0.190. The van der Waals surface area contributed by atoms with E-state index in [0.717, 1.165) is 19.3 Å². The van der Waals surface area contributed by atoms with E-state index in [1.54, 1.807) is 4.90 Å². The highest BCUT2D eigenvalue weighted by Gasteiger charge is 2.43. The molecular weight excluding hydrogens is 458 g/mol. The number of carbonyl (C=O) groups is 2. The summed E-state index contributed by atoms with van der Waals surface area (Å²) < 4.78 is 0. The molecule has 2 atom stereocenters. The van der Waals surface area contributed by atoms with Crippen LogP contribution in [0.3, 0.4) is 0 Å². The molecule has 1 fully saturated rings. The van der Waals surface area contributed by atoms with Crippen LogP contribution in [0.4, 0.5) is 5.69 Å². The second-order valence-electron chi connectivity index (χ2n) is 8.68.